The van der Waals surface area contributed by atoms with E-state index in [0.717, 1.165) is 19.3 Å². The average molecular weight is 478 g/mol. The first-order valence-corrected chi connectivity index (χ1v) is 12.3. The van der Waals surface area contributed by atoms with Crippen molar-refractivity contribution in [1.29, 1.82) is 0 Å². The number of ether oxygens (including phenoxy) is 2. The van der Waals surface area contributed by atoms with Crippen molar-refractivity contribution in [3.63, 3.8) is 0 Å². The smallest absolute Gasteiger partial charge is 0.456 e. The van der Waals surface area contributed by atoms with Gasteiger partial charge in [0.2, 0.25) is 0 Å². The highest BCUT2D eigenvalue weighted by atomic mass is 31.2. The summed E-state index contributed by atoms with van der Waals surface area (Å²) in [5, 5.41) is 0. The molecule has 0 rings (SSSR count). The van der Waals surface area contributed by atoms with Gasteiger partial charge in [0.05, 0.1) is 6.61 Å². The van der Waals surface area contributed by atoms with Gasteiger partial charge in [0.1, 0.15) is 6.61 Å². The Morgan fingerprint density at radius 2 is 1.45 bits per heavy atom. The monoisotopic (exact) mass is 478 g/mol. The summed E-state index contributed by atoms with van der Waals surface area (Å²) in [7, 11) is -4.79. The predicted molar refractivity (Wildman–Crippen MR) is 123 cm³/mol. The van der Waals surface area contributed by atoms with E-state index in [1.165, 1.54) is 32.1 Å². The lowest BCUT2D eigenvalue weighted by Gasteiger charge is -2.17. The zero-order valence-corrected chi connectivity index (χ0v) is 19.8. The SMILES string of the molecule is C#CC#CC#CC#CC(=O)OC[C@H](COP(=O)(O)O)OC(=O)CCCCCCCCCCC. The van der Waals surface area contributed by atoms with Crippen LogP contribution in [0.1, 0.15) is 71.1 Å². The normalized spacial score (nSPS) is 10.7. The molecular weight excluding hydrogens is 447 g/mol. The van der Waals surface area contributed by atoms with Crippen LogP contribution in [-0.2, 0) is 28.2 Å². The summed E-state index contributed by atoms with van der Waals surface area (Å²) in [4.78, 5) is 41.4. The molecule has 0 amide bonds. The molecule has 0 aliphatic heterocycles. The molecule has 0 aromatic rings. The predicted octanol–water partition coefficient (Wildman–Crippen LogP) is 3.12. The van der Waals surface area contributed by atoms with Crippen LogP contribution >= 0.6 is 7.82 Å². The third-order valence-electron chi connectivity index (χ3n) is 4.10. The highest BCUT2D eigenvalue weighted by molar-refractivity contribution is 7.46. The van der Waals surface area contributed by atoms with Crippen molar-refractivity contribution in [2.45, 2.75) is 77.2 Å². The van der Waals surface area contributed by atoms with Gasteiger partial charge in [-0.15, -0.1) is 6.42 Å². The number of terminal acetylenes is 1. The van der Waals surface area contributed by atoms with Crippen molar-refractivity contribution < 1.29 is 37.9 Å². The molecule has 0 aliphatic carbocycles. The molecule has 0 unspecified atom stereocenters. The minimum Gasteiger partial charge on any atom is -0.456 e. The molecule has 0 bridgehead atoms. The Kier molecular flexibility index (Phi) is 18.3. The van der Waals surface area contributed by atoms with Gasteiger partial charge in [-0.25, -0.2) is 9.36 Å². The van der Waals surface area contributed by atoms with E-state index in [2.05, 4.69) is 52.9 Å². The van der Waals surface area contributed by atoms with Crippen molar-refractivity contribution >= 4 is 19.8 Å². The Bertz CT molecular complexity index is 864. The van der Waals surface area contributed by atoms with Crippen LogP contribution in [0, 0.1) is 47.9 Å². The van der Waals surface area contributed by atoms with Crippen LogP contribution in [0.2, 0.25) is 0 Å². The van der Waals surface area contributed by atoms with Crippen molar-refractivity contribution in [2.24, 2.45) is 0 Å². The number of phosphoric ester groups is 1. The van der Waals surface area contributed by atoms with Gasteiger partial charge in [-0.3, -0.25) is 9.32 Å². The number of carbonyl (C=O) groups is 2. The third kappa shape index (κ3) is 22.3. The van der Waals surface area contributed by atoms with Gasteiger partial charge in [0.25, 0.3) is 0 Å². The summed E-state index contributed by atoms with van der Waals surface area (Å²) in [6.45, 7) is 1.05. The summed E-state index contributed by atoms with van der Waals surface area (Å²) in [5.74, 6) is 13.9. The second-order valence-corrected chi connectivity index (χ2v) is 8.21. The Hall–Kier alpha value is -2.71. The van der Waals surface area contributed by atoms with E-state index in [9.17, 15) is 14.2 Å². The molecule has 0 aromatic carbocycles. The van der Waals surface area contributed by atoms with E-state index >= 15 is 0 Å². The van der Waals surface area contributed by atoms with Gasteiger partial charge in [-0.05, 0) is 41.9 Å². The molecule has 0 aromatic heterocycles. The quantitative estimate of drug-likeness (QED) is 0.114. The topological polar surface area (TPSA) is 119 Å². The molecular formula is C24H31O8P. The lowest BCUT2D eigenvalue weighted by Crippen LogP contribution is -2.29. The summed E-state index contributed by atoms with van der Waals surface area (Å²) < 4.78 is 25.3. The van der Waals surface area contributed by atoms with Gasteiger partial charge < -0.3 is 19.3 Å². The van der Waals surface area contributed by atoms with Crippen molar-refractivity contribution in [3.05, 3.63) is 0 Å². The van der Waals surface area contributed by atoms with E-state index in [0.29, 0.717) is 6.42 Å². The molecule has 8 nitrogen and oxygen atoms in total. The van der Waals surface area contributed by atoms with E-state index in [1.807, 2.05) is 0 Å². The Labute approximate surface area is 196 Å². The molecule has 0 saturated heterocycles. The Morgan fingerprint density at radius 1 is 0.879 bits per heavy atom. The van der Waals surface area contributed by atoms with Crippen molar-refractivity contribution in [3.8, 4) is 47.9 Å². The van der Waals surface area contributed by atoms with E-state index in [1.54, 1.807) is 0 Å². The highest BCUT2D eigenvalue weighted by Crippen LogP contribution is 2.35. The minimum absolute atomic E-state index is 0.143. The van der Waals surface area contributed by atoms with Gasteiger partial charge in [-0.1, -0.05) is 58.3 Å². The second kappa shape index (κ2) is 19.9. The fraction of sp³-hybridized carbons (Fsp3) is 0.583. The maximum absolute atomic E-state index is 12.0. The Balaban J connectivity index is 4.41. The first kappa shape index (κ1) is 30.3. The molecule has 0 heterocycles. The molecule has 9 heteroatoms. The van der Waals surface area contributed by atoms with Crippen LogP contribution in [0.4, 0.5) is 0 Å². The largest absolute Gasteiger partial charge is 0.469 e. The average Bonchev–Trinajstić information content (AvgIpc) is 2.76. The molecule has 0 radical (unpaired) electrons. The molecule has 0 aliphatic rings. The van der Waals surface area contributed by atoms with Gasteiger partial charge in [0, 0.05) is 12.3 Å². The number of hydrogen-bond donors (Lipinski definition) is 2. The maximum atomic E-state index is 12.0. The first-order valence-electron chi connectivity index (χ1n) is 10.8. The van der Waals surface area contributed by atoms with E-state index in [-0.39, 0.29) is 6.42 Å². The van der Waals surface area contributed by atoms with E-state index in [4.69, 9.17) is 25.7 Å². The summed E-state index contributed by atoms with van der Waals surface area (Å²) in [6.07, 6.45) is 13.7. The van der Waals surface area contributed by atoms with Gasteiger partial charge in [0.15, 0.2) is 6.10 Å². The zero-order valence-electron chi connectivity index (χ0n) is 18.9. The third-order valence-corrected chi connectivity index (χ3v) is 4.58. The van der Waals surface area contributed by atoms with E-state index < -0.39 is 39.1 Å². The lowest BCUT2D eigenvalue weighted by atomic mass is 10.1. The number of carbonyl (C=O) groups excluding carboxylic acids is 2. The molecule has 180 valence electrons. The van der Waals surface area contributed by atoms with Crippen molar-refractivity contribution in [1.82, 2.24) is 0 Å². The molecule has 0 fully saturated rings. The summed E-state index contributed by atoms with van der Waals surface area (Å²) >= 11 is 0. The minimum atomic E-state index is -4.79. The van der Waals surface area contributed by atoms with Gasteiger partial charge in [-0.2, -0.15) is 0 Å². The summed E-state index contributed by atoms with van der Waals surface area (Å²) in [6, 6.07) is 0. The standard InChI is InChI=1S/C24H31O8P/c1-3-5-7-9-11-12-13-15-17-19-24(26)32-22(21-31-33(27,28)29)20-30-23(25)18-16-14-10-8-6-4-2/h2,22H,3,5,7,9,11-13,15,17,19-21H2,1H3,(H2,27,28,29)/t22-/m1/s1. The molecule has 0 spiro atoms. The molecule has 2 N–H and O–H groups in total. The highest BCUT2D eigenvalue weighted by Gasteiger charge is 2.22. The fourth-order valence-corrected chi connectivity index (χ4v) is 2.90. The van der Waals surface area contributed by atoms with Crippen LogP contribution in [0.5, 0.6) is 0 Å². The lowest BCUT2D eigenvalue weighted by molar-refractivity contribution is -0.158. The first-order chi connectivity index (χ1) is 15.8. The zero-order chi connectivity index (χ0) is 24.8. The molecule has 33 heavy (non-hydrogen) atoms. The van der Waals surface area contributed by atoms with Crippen LogP contribution in [0.25, 0.3) is 0 Å². The van der Waals surface area contributed by atoms with Gasteiger partial charge >= 0.3 is 19.8 Å². The van der Waals surface area contributed by atoms with Crippen LogP contribution in [0.15, 0.2) is 0 Å². The molecule has 1 atom stereocenters. The maximum Gasteiger partial charge on any atom is 0.469 e. The van der Waals surface area contributed by atoms with Crippen LogP contribution in [0.3, 0.4) is 0 Å². The second-order valence-electron chi connectivity index (χ2n) is 6.97. The van der Waals surface area contributed by atoms with Crippen LogP contribution < -0.4 is 0 Å². The number of rotatable bonds is 16. The number of esters is 2. The number of phosphoric acid groups is 1. The number of unbranched alkanes of at least 4 members (excludes halogenated alkanes) is 8. The molecule has 0 saturated carbocycles. The van der Waals surface area contributed by atoms with Crippen LogP contribution in [-0.4, -0.2) is 41.0 Å². The Morgan fingerprint density at radius 3 is 2.06 bits per heavy atom. The fourth-order valence-electron chi connectivity index (χ4n) is 2.54. The number of hydrogen-bond acceptors (Lipinski definition) is 6. The summed E-state index contributed by atoms with van der Waals surface area (Å²) in [5.41, 5.74) is 0. The van der Waals surface area contributed by atoms with Crippen molar-refractivity contribution in [2.75, 3.05) is 13.2 Å².